The first-order valence-corrected chi connectivity index (χ1v) is 6.89. The van der Waals surface area contributed by atoms with Gasteiger partial charge in [0.1, 0.15) is 5.75 Å². The molecule has 0 aliphatic carbocycles. The van der Waals surface area contributed by atoms with Gasteiger partial charge in [0.2, 0.25) is 0 Å². The summed E-state index contributed by atoms with van der Waals surface area (Å²) in [6.07, 6.45) is 0.389. The highest BCUT2D eigenvalue weighted by atomic mass is 35.5. The number of methoxy groups -OCH3 is 1. The minimum absolute atomic E-state index is 0.389. The summed E-state index contributed by atoms with van der Waals surface area (Å²) in [5.74, 6) is 0.790. The van der Waals surface area contributed by atoms with Gasteiger partial charge in [0, 0.05) is 14.8 Å². The summed E-state index contributed by atoms with van der Waals surface area (Å²) in [5, 5.41) is 9.58. The zero-order valence-corrected chi connectivity index (χ0v) is 12.0. The average Bonchev–Trinajstić information content (AvgIpc) is 2.43. The first-order chi connectivity index (χ1) is 9.22. The number of hydrogen-bond donors (Lipinski definition) is 0. The van der Waals surface area contributed by atoms with Crippen LogP contribution in [-0.4, -0.2) is 7.11 Å². The van der Waals surface area contributed by atoms with E-state index in [1.807, 2.05) is 42.5 Å². The Hall–Kier alpha value is -1.63. The normalized spacial score (nSPS) is 9.95. The first kappa shape index (κ1) is 13.8. The largest absolute Gasteiger partial charge is 0.497 e. The SMILES string of the molecule is COc1ccc(CC#N)c(Sc2ccc(Cl)cc2)c1. The lowest BCUT2D eigenvalue weighted by Gasteiger charge is -2.09. The van der Waals surface area contributed by atoms with E-state index < -0.39 is 0 Å². The summed E-state index contributed by atoms with van der Waals surface area (Å²) in [6.45, 7) is 0. The summed E-state index contributed by atoms with van der Waals surface area (Å²) in [4.78, 5) is 2.11. The summed E-state index contributed by atoms with van der Waals surface area (Å²) >= 11 is 7.47. The minimum Gasteiger partial charge on any atom is -0.497 e. The average molecular weight is 290 g/mol. The fourth-order valence-corrected chi connectivity index (χ4v) is 2.72. The van der Waals surface area contributed by atoms with Crippen LogP contribution in [0.25, 0.3) is 0 Å². The Morgan fingerprint density at radius 3 is 2.58 bits per heavy atom. The Kier molecular flexibility index (Phi) is 4.73. The van der Waals surface area contributed by atoms with Crippen molar-refractivity contribution < 1.29 is 4.74 Å². The van der Waals surface area contributed by atoms with Crippen molar-refractivity contribution in [2.75, 3.05) is 7.11 Å². The Morgan fingerprint density at radius 2 is 1.95 bits per heavy atom. The van der Waals surface area contributed by atoms with Crippen molar-refractivity contribution in [3.8, 4) is 11.8 Å². The van der Waals surface area contributed by atoms with Crippen LogP contribution >= 0.6 is 23.4 Å². The van der Waals surface area contributed by atoms with Gasteiger partial charge < -0.3 is 4.74 Å². The van der Waals surface area contributed by atoms with Crippen molar-refractivity contribution in [3.63, 3.8) is 0 Å². The molecular weight excluding hydrogens is 278 g/mol. The molecule has 0 aliphatic rings. The second-order valence-electron chi connectivity index (χ2n) is 3.86. The Labute approximate surface area is 122 Å². The highest BCUT2D eigenvalue weighted by molar-refractivity contribution is 7.99. The van der Waals surface area contributed by atoms with Crippen LogP contribution in [-0.2, 0) is 6.42 Å². The molecule has 0 unspecified atom stereocenters. The fraction of sp³-hybridized carbons (Fsp3) is 0.133. The van der Waals surface area contributed by atoms with Gasteiger partial charge in [0.15, 0.2) is 0 Å². The maximum atomic E-state index is 8.87. The summed E-state index contributed by atoms with van der Waals surface area (Å²) in [7, 11) is 1.63. The van der Waals surface area contributed by atoms with Crippen LogP contribution in [0.15, 0.2) is 52.3 Å². The molecule has 19 heavy (non-hydrogen) atoms. The van der Waals surface area contributed by atoms with E-state index in [1.165, 1.54) is 0 Å². The molecule has 2 rings (SSSR count). The van der Waals surface area contributed by atoms with Crippen LogP contribution in [0, 0.1) is 11.3 Å². The van der Waals surface area contributed by atoms with Crippen LogP contribution in [0.1, 0.15) is 5.56 Å². The lowest BCUT2D eigenvalue weighted by molar-refractivity contribution is 0.413. The van der Waals surface area contributed by atoms with Crippen LogP contribution in [0.5, 0.6) is 5.75 Å². The molecule has 4 heteroatoms. The van der Waals surface area contributed by atoms with E-state index in [0.717, 1.165) is 21.1 Å². The Balaban J connectivity index is 2.31. The number of halogens is 1. The quantitative estimate of drug-likeness (QED) is 0.827. The third-order valence-corrected chi connectivity index (χ3v) is 3.95. The molecule has 0 aliphatic heterocycles. The molecule has 0 atom stereocenters. The molecule has 0 aromatic heterocycles. The van der Waals surface area contributed by atoms with Crippen molar-refractivity contribution in [2.45, 2.75) is 16.2 Å². The van der Waals surface area contributed by atoms with E-state index in [2.05, 4.69) is 6.07 Å². The van der Waals surface area contributed by atoms with Crippen molar-refractivity contribution >= 4 is 23.4 Å². The van der Waals surface area contributed by atoms with Gasteiger partial charge in [-0.05, 0) is 42.0 Å². The van der Waals surface area contributed by atoms with E-state index in [4.69, 9.17) is 21.6 Å². The molecule has 0 amide bonds. The van der Waals surface area contributed by atoms with Crippen LogP contribution in [0.4, 0.5) is 0 Å². The second kappa shape index (κ2) is 6.51. The number of ether oxygens (including phenoxy) is 1. The zero-order valence-electron chi connectivity index (χ0n) is 10.4. The predicted molar refractivity (Wildman–Crippen MR) is 77.9 cm³/mol. The molecule has 0 N–H and O–H groups in total. The third-order valence-electron chi connectivity index (χ3n) is 2.59. The highest BCUT2D eigenvalue weighted by Gasteiger charge is 2.06. The van der Waals surface area contributed by atoms with Crippen LogP contribution in [0.2, 0.25) is 5.02 Å². The number of nitrogens with zero attached hydrogens (tertiary/aromatic N) is 1. The topological polar surface area (TPSA) is 33.0 Å². The van der Waals surface area contributed by atoms with Crippen molar-refractivity contribution in [2.24, 2.45) is 0 Å². The van der Waals surface area contributed by atoms with Gasteiger partial charge in [-0.2, -0.15) is 5.26 Å². The second-order valence-corrected chi connectivity index (χ2v) is 5.42. The van der Waals surface area contributed by atoms with Crippen molar-refractivity contribution in [3.05, 3.63) is 53.1 Å². The maximum absolute atomic E-state index is 8.87. The molecule has 0 spiro atoms. The first-order valence-electron chi connectivity index (χ1n) is 5.70. The monoisotopic (exact) mass is 289 g/mol. The summed E-state index contributed by atoms with van der Waals surface area (Å²) < 4.78 is 5.23. The smallest absolute Gasteiger partial charge is 0.120 e. The molecular formula is C15H12ClNOS. The molecule has 0 radical (unpaired) electrons. The molecule has 2 aromatic carbocycles. The molecule has 0 saturated carbocycles. The van der Waals surface area contributed by atoms with E-state index in [-0.39, 0.29) is 0 Å². The van der Waals surface area contributed by atoms with Gasteiger partial charge in [-0.1, -0.05) is 29.4 Å². The zero-order chi connectivity index (χ0) is 13.7. The van der Waals surface area contributed by atoms with Crippen LogP contribution < -0.4 is 4.74 Å². The molecule has 2 aromatic rings. The molecule has 0 saturated heterocycles. The summed E-state index contributed by atoms with van der Waals surface area (Å²) in [5.41, 5.74) is 1.00. The minimum atomic E-state index is 0.389. The lowest BCUT2D eigenvalue weighted by atomic mass is 10.1. The van der Waals surface area contributed by atoms with Gasteiger partial charge in [0.05, 0.1) is 19.6 Å². The fourth-order valence-electron chi connectivity index (χ4n) is 1.62. The van der Waals surface area contributed by atoms with Crippen LogP contribution in [0.3, 0.4) is 0 Å². The predicted octanol–water partition coefficient (Wildman–Crippen LogP) is 4.57. The number of hydrogen-bond acceptors (Lipinski definition) is 3. The van der Waals surface area contributed by atoms with Gasteiger partial charge in [-0.25, -0.2) is 0 Å². The number of benzene rings is 2. The van der Waals surface area contributed by atoms with Crippen molar-refractivity contribution in [1.29, 1.82) is 5.26 Å². The molecule has 0 heterocycles. The maximum Gasteiger partial charge on any atom is 0.120 e. The van der Waals surface area contributed by atoms with Gasteiger partial charge >= 0.3 is 0 Å². The number of nitriles is 1. The molecule has 96 valence electrons. The Bertz CT molecular complexity index is 605. The third kappa shape index (κ3) is 3.66. The molecule has 0 fully saturated rings. The van der Waals surface area contributed by atoms with Gasteiger partial charge in [-0.3, -0.25) is 0 Å². The Morgan fingerprint density at radius 1 is 1.21 bits per heavy atom. The van der Waals surface area contributed by atoms with E-state index in [0.29, 0.717) is 11.4 Å². The highest BCUT2D eigenvalue weighted by Crippen LogP contribution is 2.33. The molecule has 0 bridgehead atoms. The van der Waals surface area contributed by atoms with Crippen molar-refractivity contribution in [1.82, 2.24) is 0 Å². The standard InChI is InChI=1S/C15H12ClNOS/c1-18-13-5-2-11(8-9-17)15(10-13)19-14-6-3-12(16)4-7-14/h2-7,10H,8H2,1H3. The summed E-state index contributed by atoms with van der Waals surface area (Å²) in [6, 6.07) is 15.6. The van der Waals surface area contributed by atoms with E-state index >= 15 is 0 Å². The van der Waals surface area contributed by atoms with E-state index in [9.17, 15) is 0 Å². The van der Waals surface area contributed by atoms with Gasteiger partial charge in [-0.15, -0.1) is 0 Å². The lowest BCUT2D eigenvalue weighted by Crippen LogP contribution is -1.89. The van der Waals surface area contributed by atoms with E-state index in [1.54, 1.807) is 18.9 Å². The molecule has 2 nitrogen and oxygen atoms in total. The van der Waals surface area contributed by atoms with Gasteiger partial charge in [0.25, 0.3) is 0 Å². The number of rotatable bonds is 4.